The molecule has 0 spiro atoms. The summed E-state index contributed by atoms with van der Waals surface area (Å²) in [4.78, 5) is 12.2. The van der Waals surface area contributed by atoms with Crippen LogP contribution in [0.4, 0.5) is 0 Å². The van der Waals surface area contributed by atoms with Gasteiger partial charge in [-0.05, 0) is 38.4 Å². The van der Waals surface area contributed by atoms with Crippen molar-refractivity contribution in [3.8, 4) is 11.5 Å². The third-order valence-electron chi connectivity index (χ3n) is 2.87. The number of nitrogens with two attached hydrogens (primary N) is 1. The average molecular weight is 266 g/mol. The number of ether oxygens (including phenoxy) is 2. The maximum absolute atomic E-state index is 12.2. The van der Waals surface area contributed by atoms with Gasteiger partial charge in [0.15, 0.2) is 11.5 Å². The summed E-state index contributed by atoms with van der Waals surface area (Å²) in [5.74, 6) is 0.832. The van der Waals surface area contributed by atoms with Crippen molar-refractivity contribution in [2.45, 2.75) is 25.8 Å². The molecule has 5 nitrogen and oxygen atoms in total. The zero-order valence-electron chi connectivity index (χ0n) is 11.7. The summed E-state index contributed by atoms with van der Waals surface area (Å²) in [6, 6.07) is 5.31. The van der Waals surface area contributed by atoms with Crippen molar-refractivity contribution in [2.75, 3.05) is 20.8 Å². The van der Waals surface area contributed by atoms with Crippen molar-refractivity contribution in [3.05, 3.63) is 23.8 Å². The van der Waals surface area contributed by atoms with Gasteiger partial charge in [-0.3, -0.25) is 4.79 Å². The third kappa shape index (κ3) is 4.13. The second-order valence-electron chi connectivity index (χ2n) is 4.35. The van der Waals surface area contributed by atoms with Gasteiger partial charge in [0.1, 0.15) is 0 Å². The molecule has 1 aromatic rings. The maximum atomic E-state index is 12.2. The lowest BCUT2D eigenvalue weighted by Crippen LogP contribution is -2.33. The fourth-order valence-electron chi connectivity index (χ4n) is 1.86. The van der Waals surface area contributed by atoms with E-state index in [1.54, 1.807) is 25.3 Å². The van der Waals surface area contributed by atoms with Crippen LogP contribution in [0.25, 0.3) is 0 Å². The molecule has 19 heavy (non-hydrogen) atoms. The van der Waals surface area contributed by atoms with Gasteiger partial charge in [0.05, 0.1) is 19.8 Å². The lowest BCUT2D eigenvalue weighted by atomic mass is 10.1. The molecule has 0 radical (unpaired) electrons. The van der Waals surface area contributed by atoms with E-state index >= 15 is 0 Å². The van der Waals surface area contributed by atoms with Crippen LogP contribution in [0, 0.1) is 0 Å². The van der Waals surface area contributed by atoms with Crippen LogP contribution in [0.3, 0.4) is 0 Å². The molecular weight excluding hydrogens is 244 g/mol. The van der Waals surface area contributed by atoms with Gasteiger partial charge in [-0.15, -0.1) is 0 Å². The number of para-hydroxylation sites is 1. The van der Waals surface area contributed by atoms with Crippen LogP contribution in [0.1, 0.15) is 30.1 Å². The van der Waals surface area contributed by atoms with E-state index in [0.717, 1.165) is 12.8 Å². The molecule has 0 aliphatic heterocycles. The van der Waals surface area contributed by atoms with Crippen molar-refractivity contribution < 1.29 is 14.3 Å². The molecular formula is C14H22N2O3. The number of carbonyl (C=O) groups is 1. The number of carbonyl (C=O) groups excluding carboxylic acids is 1. The molecule has 1 atom stereocenters. The summed E-state index contributed by atoms with van der Waals surface area (Å²) in [5.41, 5.74) is 5.93. The average Bonchev–Trinajstić information content (AvgIpc) is 2.43. The second-order valence-corrected chi connectivity index (χ2v) is 4.35. The van der Waals surface area contributed by atoms with Crippen molar-refractivity contribution in [2.24, 2.45) is 5.73 Å². The molecule has 1 aromatic carbocycles. The van der Waals surface area contributed by atoms with Gasteiger partial charge >= 0.3 is 0 Å². The van der Waals surface area contributed by atoms with Crippen LogP contribution in [0.5, 0.6) is 11.5 Å². The predicted molar refractivity (Wildman–Crippen MR) is 74.8 cm³/mol. The normalized spacial score (nSPS) is 11.8. The van der Waals surface area contributed by atoms with Crippen LogP contribution in [0.15, 0.2) is 18.2 Å². The van der Waals surface area contributed by atoms with Gasteiger partial charge in [0.25, 0.3) is 5.91 Å². The summed E-state index contributed by atoms with van der Waals surface area (Å²) in [5, 5.41) is 2.93. The lowest BCUT2D eigenvalue weighted by Gasteiger charge is -2.16. The first-order valence-electron chi connectivity index (χ1n) is 6.36. The largest absolute Gasteiger partial charge is 0.493 e. The van der Waals surface area contributed by atoms with Gasteiger partial charge < -0.3 is 20.5 Å². The van der Waals surface area contributed by atoms with Gasteiger partial charge in [-0.25, -0.2) is 0 Å². The Labute approximate surface area is 114 Å². The molecule has 0 aliphatic carbocycles. The Morgan fingerprint density at radius 2 is 2.11 bits per heavy atom. The SMILES string of the molecule is COc1cccc(C(=O)NC(C)CCCN)c1OC. The summed E-state index contributed by atoms with van der Waals surface area (Å²) >= 11 is 0. The van der Waals surface area contributed by atoms with E-state index in [1.165, 1.54) is 7.11 Å². The third-order valence-corrected chi connectivity index (χ3v) is 2.87. The molecule has 1 rings (SSSR count). The number of hydrogen-bond donors (Lipinski definition) is 2. The Hall–Kier alpha value is -1.75. The van der Waals surface area contributed by atoms with E-state index in [4.69, 9.17) is 15.2 Å². The molecule has 1 amide bonds. The Kier molecular flexibility index (Phi) is 6.15. The minimum Gasteiger partial charge on any atom is -0.493 e. The van der Waals surface area contributed by atoms with Gasteiger partial charge in [-0.2, -0.15) is 0 Å². The Morgan fingerprint density at radius 3 is 2.68 bits per heavy atom. The van der Waals surface area contributed by atoms with Crippen LogP contribution >= 0.6 is 0 Å². The summed E-state index contributed by atoms with van der Waals surface area (Å²) in [6.45, 7) is 2.59. The molecule has 0 heterocycles. The highest BCUT2D eigenvalue weighted by Gasteiger charge is 2.17. The fraction of sp³-hybridized carbons (Fsp3) is 0.500. The highest BCUT2D eigenvalue weighted by atomic mass is 16.5. The van der Waals surface area contributed by atoms with Crippen molar-refractivity contribution in [1.82, 2.24) is 5.32 Å². The Balaban J connectivity index is 2.81. The predicted octanol–water partition coefficient (Wildman–Crippen LogP) is 1.56. The number of methoxy groups -OCH3 is 2. The Bertz CT molecular complexity index is 421. The van der Waals surface area contributed by atoms with E-state index in [-0.39, 0.29) is 11.9 Å². The van der Waals surface area contributed by atoms with Crippen LogP contribution in [0.2, 0.25) is 0 Å². The highest BCUT2D eigenvalue weighted by Crippen LogP contribution is 2.30. The van der Waals surface area contributed by atoms with E-state index < -0.39 is 0 Å². The molecule has 0 aromatic heterocycles. The highest BCUT2D eigenvalue weighted by molar-refractivity contribution is 5.97. The first-order valence-corrected chi connectivity index (χ1v) is 6.36. The molecule has 106 valence electrons. The van der Waals surface area contributed by atoms with E-state index in [9.17, 15) is 4.79 Å². The first kappa shape index (κ1) is 15.3. The van der Waals surface area contributed by atoms with Crippen molar-refractivity contribution in [1.29, 1.82) is 0 Å². The van der Waals surface area contributed by atoms with Gasteiger partial charge in [0.2, 0.25) is 0 Å². The topological polar surface area (TPSA) is 73.6 Å². The fourth-order valence-corrected chi connectivity index (χ4v) is 1.86. The Morgan fingerprint density at radius 1 is 1.37 bits per heavy atom. The second kappa shape index (κ2) is 7.63. The number of benzene rings is 1. The summed E-state index contributed by atoms with van der Waals surface area (Å²) in [7, 11) is 3.07. The number of nitrogens with one attached hydrogen (secondary N) is 1. The standard InChI is InChI=1S/C14H22N2O3/c1-10(6-5-9-15)16-14(17)11-7-4-8-12(18-2)13(11)19-3/h4,7-8,10H,5-6,9,15H2,1-3H3,(H,16,17). The molecule has 0 fully saturated rings. The zero-order chi connectivity index (χ0) is 14.3. The van der Waals surface area contributed by atoms with E-state index in [1.807, 2.05) is 6.92 Å². The van der Waals surface area contributed by atoms with Crippen molar-refractivity contribution in [3.63, 3.8) is 0 Å². The minimum absolute atomic E-state index is 0.0759. The smallest absolute Gasteiger partial charge is 0.255 e. The van der Waals surface area contributed by atoms with Gasteiger partial charge in [-0.1, -0.05) is 6.07 Å². The van der Waals surface area contributed by atoms with E-state index in [0.29, 0.717) is 23.6 Å². The summed E-state index contributed by atoms with van der Waals surface area (Å²) in [6.07, 6.45) is 1.74. The summed E-state index contributed by atoms with van der Waals surface area (Å²) < 4.78 is 10.4. The number of hydrogen-bond acceptors (Lipinski definition) is 4. The van der Waals surface area contributed by atoms with Gasteiger partial charge in [0, 0.05) is 6.04 Å². The molecule has 0 aliphatic rings. The van der Waals surface area contributed by atoms with Crippen LogP contribution in [-0.2, 0) is 0 Å². The quantitative estimate of drug-likeness (QED) is 0.785. The molecule has 5 heteroatoms. The molecule has 0 saturated carbocycles. The molecule has 0 bridgehead atoms. The lowest BCUT2D eigenvalue weighted by molar-refractivity contribution is 0.0934. The molecule has 1 unspecified atom stereocenters. The molecule has 0 saturated heterocycles. The maximum Gasteiger partial charge on any atom is 0.255 e. The zero-order valence-corrected chi connectivity index (χ0v) is 11.7. The first-order chi connectivity index (χ1) is 9.13. The minimum atomic E-state index is -0.166. The monoisotopic (exact) mass is 266 g/mol. The van der Waals surface area contributed by atoms with Crippen LogP contribution in [-0.4, -0.2) is 32.7 Å². The van der Waals surface area contributed by atoms with Crippen LogP contribution < -0.4 is 20.5 Å². The number of rotatable bonds is 7. The molecule has 3 N–H and O–H groups in total. The van der Waals surface area contributed by atoms with Crippen molar-refractivity contribution >= 4 is 5.91 Å². The number of amides is 1. The van der Waals surface area contributed by atoms with E-state index in [2.05, 4.69) is 5.32 Å².